The fourth-order valence-electron chi connectivity index (χ4n) is 4.38. The number of aromatic nitrogens is 3. The Morgan fingerprint density at radius 2 is 1.95 bits per heavy atom. The predicted molar refractivity (Wildman–Crippen MR) is 145 cm³/mol. The highest BCUT2D eigenvalue weighted by molar-refractivity contribution is 9.10. The lowest BCUT2D eigenvalue weighted by Crippen LogP contribution is -2.40. The van der Waals surface area contributed by atoms with E-state index in [0.29, 0.717) is 38.7 Å². The molecule has 0 amide bonds. The van der Waals surface area contributed by atoms with Crippen molar-refractivity contribution in [2.75, 3.05) is 6.61 Å². The topological polar surface area (TPSA) is 91.6 Å². The molecule has 1 atom stereocenters. The average Bonchev–Trinajstić information content (AvgIpc) is 3.57. The molecule has 0 fully saturated rings. The first kappa shape index (κ1) is 25.2. The first-order valence-corrected chi connectivity index (χ1v) is 13.5. The molecule has 1 aliphatic rings. The van der Waals surface area contributed by atoms with E-state index in [1.54, 1.807) is 29.2 Å². The molecule has 8 nitrogen and oxygen atoms in total. The third kappa shape index (κ3) is 4.67. The number of furan rings is 1. The van der Waals surface area contributed by atoms with Crippen LogP contribution < -0.4 is 14.9 Å². The van der Waals surface area contributed by atoms with E-state index >= 15 is 0 Å². The Balaban J connectivity index is 1.65. The van der Waals surface area contributed by atoms with E-state index in [1.165, 1.54) is 11.3 Å². The van der Waals surface area contributed by atoms with Crippen LogP contribution in [0, 0.1) is 6.92 Å². The smallest absolute Gasteiger partial charge is 0.338 e. The minimum absolute atomic E-state index is 0.221. The van der Waals surface area contributed by atoms with Gasteiger partial charge in [-0.05, 0) is 52.0 Å². The zero-order valence-electron chi connectivity index (χ0n) is 20.8. The number of halogens is 1. The number of carbonyl (C=O) groups excluding carboxylic acids is 1. The van der Waals surface area contributed by atoms with Crippen LogP contribution in [0.1, 0.15) is 43.8 Å². The Morgan fingerprint density at radius 1 is 1.19 bits per heavy atom. The summed E-state index contributed by atoms with van der Waals surface area (Å²) in [4.78, 5) is 32.0. The lowest BCUT2D eigenvalue weighted by Gasteiger charge is -2.24. The lowest BCUT2D eigenvalue weighted by molar-refractivity contribution is -0.139. The number of rotatable bonds is 6. The highest BCUT2D eigenvalue weighted by Crippen LogP contribution is 2.32. The van der Waals surface area contributed by atoms with Crippen LogP contribution in [0.3, 0.4) is 0 Å². The van der Waals surface area contributed by atoms with Crippen LogP contribution in [0.4, 0.5) is 0 Å². The molecule has 3 aromatic heterocycles. The van der Waals surface area contributed by atoms with Gasteiger partial charge in [-0.25, -0.2) is 9.79 Å². The molecule has 4 aromatic rings. The summed E-state index contributed by atoms with van der Waals surface area (Å²) in [5.74, 6) is 0.764. The second kappa shape index (κ2) is 10.1. The maximum atomic E-state index is 13.8. The van der Waals surface area contributed by atoms with Gasteiger partial charge in [0.25, 0.3) is 5.56 Å². The lowest BCUT2D eigenvalue weighted by atomic mass is 9.96. The first-order chi connectivity index (χ1) is 17.8. The van der Waals surface area contributed by atoms with Crippen molar-refractivity contribution >= 4 is 39.3 Å². The van der Waals surface area contributed by atoms with Crippen molar-refractivity contribution in [3.05, 3.63) is 95.0 Å². The van der Waals surface area contributed by atoms with Crippen LogP contribution in [0.15, 0.2) is 72.5 Å². The summed E-state index contributed by atoms with van der Waals surface area (Å²) in [6, 6.07) is 10.8. The molecule has 37 heavy (non-hydrogen) atoms. The molecule has 4 heterocycles. The molecule has 1 aliphatic heterocycles. The number of thiazole rings is 1. The van der Waals surface area contributed by atoms with Gasteiger partial charge in [0.2, 0.25) is 0 Å². The molecule has 0 saturated carbocycles. The summed E-state index contributed by atoms with van der Waals surface area (Å²) in [5, 5.41) is 4.56. The number of hydrogen-bond donors (Lipinski definition) is 0. The Kier molecular flexibility index (Phi) is 6.87. The number of fused-ring (bicyclic) bond motifs is 1. The van der Waals surface area contributed by atoms with Gasteiger partial charge in [0.1, 0.15) is 17.6 Å². The first-order valence-electron chi connectivity index (χ1n) is 11.9. The van der Waals surface area contributed by atoms with E-state index < -0.39 is 12.0 Å². The van der Waals surface area contributed by atoms with E-state index in [0.717, 1.165) is 21.3 Å². The van der Waals surface area contributed by atoms with Crippen LogP contribution >= 0.6 is 27.3 Å². The fourth-order valence-corrected chi connectivity index (χ4v) is 5.67. The van der Waals surface area contributed by atoms with Crippen LogP contribution in [0.2, 0.25) is 0 Å². The molecule has 190 valence electrons. The second-order valence-electron chi connectivity index (χ2n) is 8.54. The van der Waals surface area contributed by atoms with Crippen LogP contribution in [0.25, 0.3) is 17.4 Å². The maximum absolute atomic E-state index is 13.8. The van der Waals surface area contributed by atoms with Gasteiger partial charge in [-0.3, -0.25) is 14.0 Å². The van der Waals surface area contributed by atoms with E-state index in [2.05, 4.69) is 26.0 Å². The van der Waals surface area contributed by atoms with Gasteiger partial charge in [-0.2, -0.15) is 5.10 Å². The van der Waals surface area contributed by atoms with Gasteiger partial charge >= 0.3 is 5.97 Å². The minimum atomic E-state index is -0.687. The highest BCUT2D eigenvalue weighted by Gasteiger charge is 2.35. The van der Waals surface area contributed by atoms with E-state index in [9.17, 15) is 9.59 Å². The van der Waals surface area contributed by atoms with Crippen molar-refractivity contribution in [2.24, 2.45) is 4.99 Å². The number of benzene rings is 1. The summed E-state index contributed by atoms with van der Waals surface area (Å²) >= 11 is 4.70. The SMILES string of the molecule is CCOC(=O)C1=C(C)N=c2s/c(=C/c3ccc(-c4ccc(Br)cc4)o3)c(=O)n2C1c1cn(CC)nc1C. The average molecular weight is 581 g/mol. The van der Waals surface area contributed by atoms with Gasteiger partial charge in [-0.15, -0.1) is 0 Å². The number of hydrogen-bond acceptors (Lipinski definition) is 7. The number of carbonyl (C=O) groups is 1. The van der Waals surface area contributed by atoms with Crippen molar-refractivity contribution in [1.82, 2.24) is 14.3 Å². The Hall–Kier alpha value is -3.50. The molecule has 0 radical (unpaired) electrons. The van der Waals surface area contributed by atoms with Crippen LogP contribution in [-0.2, 0) is 16.1 Å². The quantitative estimate of drug-likeness (QED) is 0.316. The second-order valence-corrected chi connectivity index (χ2v) is 10.5. The molecule has 0 aliphatic carbocycles. The number of aryl methyl sites for hydroxylation is 2. The standard InChI is InChI=1S/C27H25BrN4O4S/c1-5-31-14-20(15(3)30-31)24-23(26(34)35-6-2)16(4)29-27-32(24)25(33)22(37-27)13-19-11-12-21(36-19)17-7-9-18(28)10-8-17/h7-14,24H,5-6H2,1-4H3/b22-13+. The molecular formula is C27H25BrN4O4S. The number of ether oxygens (including phenoxy) is 1. The van der Waals surface area contributed by atoms with Crippen molar-refractivity contribution in [2.45, 2.75) is 40.3 Å². The van der Waals surface area contributed by atoms with Crippen molar-refractivity contribution < 1.29 is 13.9 Å². The number of esters is 1. The maximum Gasteiger partial charge on any atom is 0.338 e. The van der Waals surface area contributed by atoms with Crippen LogP contribution in [0.5, 0.6) is 0 Å². The molecule has 0 N–H and O–H groups in total. The zero-order valence-corrected chi connectivity index (χ0v) is 23.2. The fraction of sp³-hybridized carbons (Fsp3) is 0.259. The normalized spacial score (nSPS) is 15.6. The van der Waals surface area contributed by atoms with Gasteiger partial charge in [-0.1, -0.05) is 39.4 Å². The van der Waals surface area contributed by atoms with Crippen molar-refractivity contribution in [3.8, 4) is 11.3 Å². The number of allylic oxidation sites excluding steroid dienone is 1. The van der Waals surface area contributed by atoms with Gasteiger partial charge < -0.3 is 9.15 Å². The van der Waals surface area contributed by atoms with E-state index in [1.807, 2.05) is 56.4 Å². The molecular weight excluding hydrogens is 556 g/mol. The summed E-state index contributed by atoms with van der Waals surface area (Å²) in [7, 11) is 0. The molecule has 10 heteroatoms. The monoisotopic (exact) mass is 580 g/mol. The molecule has 0 spiro atoms. The summed E-state index contributed by atoms with van der Waals surface area (Å²) in [5.41, 5.74) is 3.05. The van der Waals surface area contributed by atoms with Crippen molar-refractivity contribution in [3.63, 3.8) is 0 Å². The van der Waals surface area contributed by atoms with E-state index in [-0.39, 0.29) is 12.2 Å². The number of nitrogens with zero attached hydrogens (tertiary/aromatic N) is 4. The van der Waals surface area contributed by atoms with Crippen molar-refractivity contribution in [1.29, 1.82) is 0 Å². The third-order valence-electron chi connectivity index (χ3n) is 6.15. The Morgan fingerprint density at radius 3 is 2.62 bits per heavy atom. The molecule has 0 bridgehead atoms. The molecule has 1 aromatic carbocycles. The molecule has 0 saturated heterocycles. The van der Waals surface area contributed by atoms with Crippen LogP contribution in [-0.4, -0.2) is 26.9 Å². The third-order valence-corrected chi connectivity index (χ3v) is 7.66. The minimum Gasteiger partial charge on any atom is -0.463 e. The van der Waals surface area contributed by atoms with Gasteiger partial charge in [0.15, 0.2) is 4.80 Å². The highest BCUT2D eigenvalue weighted by atomic mass is 79.9. The van der Waals surface area contributed by atoms with Gasteiger partial charge in [0, 0.05) is 34.4 Å². The Bertz CT molecular complexity index is 1710. The summed E-state index contributed by atoms with van der Waals surface area (Å²) < 4.78 is 16.2. The zero-order chi connectivity index (χ0) is 26.3. The predicted octanol–water partition coefficient (Wildman–Crippen LogP) is 4.35. The largest absolute Gasteiger partial charge is 0.463 e. The summed E-state index contributed by atoms with van der Waals surface area (Å²) in [6.45, 7) is 8.28. The summed E-state index contributed by atoms with van der Waals surface area (Å²) in [6.07, 6.45) is 3.60. The van der Waals surface area contributed by atoms with Gasteiger partial charge in [0.05, 0.1) is 28.1 Å². The molecule has 1 unspecified atom stereocenters. The Labute approximate surface area is 225 Å². The van der Waals surface area contributed by atoms with E-state index in [4.69, 9.17) is 9.15 Å². The molecule has 5 rings (SSSR count).